The molecule has 0 aliphatic heterocycles. The van der Waals surface area contributed by atoms with Gasteiger partial charge in [0.2, 0.25) is 0 Å². The van der Waals surface area contributed by atoms with Gasteiger partial charge in [0.05, 0.1) is 19.3 Å². The van der Waals surface area contributed by atoms with Crippen molar-refractivity contribution in [1.29, 1.82) is 0 Å². The number of rotatable bonds is 8. The Kier molecular flexibility index (Phi) is 6.47. The van der Waals surface area contributed by atoms with Gasteiger partial charge in [-0.3, -0.25) is 4.79 Å². The summed E-state index contributed by atoms with van der Waals surface area (Å²) in [5.74, 6) is 1.94. The molecule has 0 bridgehead atoms. The molecular formula is C18H19FO3S. The number of carbonyl (C=O) groups is 1. The van der Waals surface area contributed by atoms with Crippen molar-refractivity contribution in [1.82, 2.24) is 0 Å². The Morgan fingerprint density at radius 1 is 1.17 bits per heavy atom. The molecular weight excluding hydrogens is 315 g/mol. The lowest BCUT2D eigenvalue weighted by Crippen LogP contribution is -2.04. The van der Waals surface area contributed by atoms with Gasteiger partial charge in [0.15, 0.2) is 17.3 Å². The van der Waals surface area contributed by atoms with Crippen molar-refractivity contribution < 1.29 is 18.7 Å². The number of ketones is 1. The van der Waals surface area contributed by atoms with Gasteiger partial charge in [-0.2, -0.15) is 11.8 Å². The van der Waals surface area contributed by atoms with E-state index in [4.69, 9.17) is 9.47 Å². The topological polar surface area (TPSA) is 35.5 Å². The lowest BCUT2D eigenvalue weighted by atomic mass is 10.1. The van der Waals surface area contributed by atoms with E-state index >= 15 is 0 Å². The van der Waals surface area contributed by atoms with E-state index in [9.17, 15) is 9.18 Å². The van der Waals surface area contributed by atoms with Crippen LogP contribution in [0.15, 0.2) is 42.5 Å². The van der Waals surface area contributed by atoms with Crippen molar-refractivity contribution in [3.05, 3.63) is 59.4 Å². The summed E-state index contributed by atoms with van der Waals surface area (Å²) in [5, 5.41) is 0. The highest BCUT2D eigenvalue weighted by Gasteiger charge is 2.07. The van der Waals surface area contributed by atoms with Crippen LogP contribution in [0.3, 0.4) is 0 Å². The molecule has 0 heterocycles. The minimum absolute atomic E-state index is 0.0121. The van der Waals surface area contributed by atoms with Crippen LogP contribution < -0.4 is 9.47 Å². The summed E-state index contributed by atoms with van der Waals surface area (Å²) in [4.78, 5) is 11.5. The van der Waals surface area contributed by atoms with Gasteiger partial charge >= 0.3 is 0 Å². The molecule has 2 aromatic carbocycles. The first-order chi connectivity index (χ1) is 11.1. The van der Waals surface area contributed by atoms with Gasteiger partial charge in [0, 0.05) is 11.5 Å². The number of thioether (sulfide) groups is 1. The number of Topliss-reactive ketones (excluding diaryl/α,β-unsaturated/α-hetero) is 1. The predicted octanol–water partition coefficient (Wildman–Crippen LogP) is 4.35. The molecule has 3 nitrogen and oxygen atoms in total. The van der Waals surface area contributed by atoms with Gasteiger partial charge in [0.25, 0.3) is 0 Å². The Bertz CT molecular complexity index is 673. The van der Waals surface area contributed by atoms with Crippen molar-refractivity contribution in [3.63, 3.8) is 0 Å². The lowest BCUT2D eigenvalue weighted by Gasteiger charge is -2.09. The highest BCUT2D eigenvalue weighted by molar-refractivity contribution is 7.98. The monoisotopic (exact) mass is 334 g/mol. The molecule has 0 saturated heterocycles. The zero-order valence-electron chi connectivity index (χ0n) is 13.2. The summed E-state index contributed by atoms with van der Waals surface area (Å²) < 4.78 is 24.1. The molecule has 0 fully saturated rings. The number of carbonyl (C=O) groups excluding carboxylic acids is 1. The number of para-hydroxylation sites is 1. The van der Waals surface area contributed by atoms with Crippen LogP contribution in [0.25, 0.3) is 0 Å². The van der Waals surface area contributed by atoms with E-state index in [1.165, 1.54) is 20.1 Å². The minimum Gasteiger partial charge on any atom is -0.494 e. The largest absolute Gasteiger partial charge is 0.494 e. The van der Waals surface area contributed by atoms with Crippen LogP contribution in [-0.2, 0) is 5.75 Å². The maximum absolute atomic E-state index is 13.6. The van der Waals surface area contributed by atoms with E-state index in [1.54, 1.807) is 30.0 Å². The fraction of sp³-hybridized carbons (Fsp3) is 0.278. The molecule has 0 spiro atoms. The lowest BCUT2D eigenvalue weighted by molar-refractivity contribution is 0.101. The Balaban J connectivity index is 1.78. The second-order valence-corrected chi connectivity index (χ2v) is 6.03. The second kappa shape index (κ2) is 8.58. The maximum Gasteiger partial charge on any atom is 0.165 e. The molecule has 0 unspecified atom stereocenters. The molecule has 0 atom stereocenters. The first-order valence-electron chi connectivity index (χ1n) is 7.24. The van der Waals surface area contributed by atoms with Crippen LogP contribution in [0.2, 0.25) is 0 Å². The quantitative estimate of drug-likeness (QED) is 0.531. The summed E-state index contributed by atoms with van der Waals surface area (Å²) in [5.41, 5.74) is 1.49. The van der Waals surface area contributed by atoms with E-state index in [0.29, 0.717) is 23.7 Å². The Morgan fingerprint density at radius 2 is 1.96 bits per heavy atom. The average molecular weight is 334 g/mol. The van der Waals surface area contributed by atoms with Crippen LogP contribution in [0.4, 0.5) is 4.39 Å². The van der Waals surface area contributed by atoms with Crippen LogP contribution in [0.1, 0.15) is 22.8 Å². The number of hydrogen-bond donors (Lipinski definition) is 0. The first kappa shape index (κ1) is 17.3. The summed E-state index contributed by atoms with van der Waals surface area (Å²) in [6.07, 6.45) is 0. The zero-order chi connectivity index (χ0) is 16.7. The van der Waals surface area contributed by atoms with E-state index in [2.05, 4.69) is 0 Å². The molecule has 2 rings (SSSR count). The van der Waals surface area contributed by atoms with Crippen LogP contribution in [-0.4, -0.2) is 25.3 Å². The average Bonchev–Trinajstić information content (AvgIpc) is 2.55. The molecule has 2 aromatic rings. The van der Waals surface area contributed by atoms with Crippen molar-refractivity contribution >= 4 is 17.5 Å². The van der Waals surface area contributed by atoms with Gasteiger partial charge < -0.3 is 9.47 Å². The third kappa shape index (κ3) is 4.99. The first-order valence-corrected chi connectivity index (χ1v) is 8.40. The fourth-order valence-corrected chi connectivity index (χ4v) is 2.84. The van der Waals surface area contributed by atoms with E-state index in [1.807, 2.05) is 18.2 Å². The number of methoxy groups -OCH3 is 1. The van der Waals surface area contributed by atoms with Gasteiger partial charge in [-0.1, -0.05) is 18.2 Å². The van der Waals surface area contributed by atoms with Gasteiger partial charge in [-0.15, -0.1) is 0 Å². The molecule has 0 amide bonds. The molecule has 5 heteroatoms. The van der Waals surface area contributed by atoms with Crippen LogP contribution in [0, 0.1) is 5.82 Å². The molecule has 0 saturated carbocycles. The van der Waals surface area contributed by atoms with Crippen LogP contribution in [0.5, 0.6) is 11.5 Å². The molecule has 0 radical (unpaired) electrons. The minimum atomic E-state index is -0.350. The Hall–Kier alpha value is -2.01. The Morgan fingerprint density at radius 3 is 2.65 bits per heavy atom. The third-order valence-corrected chi connectivity index (χ3v) is 4.23. The molecule has 23 heavy (non-hydrogen) atoms. The van der Waals surface area contributed by atoms with Crippen LogP contribution >= 0.6 is 11.8 Å². The standard InChI is InChI=1S/C18H19FO3S/c1-13(20)15-5-3-4-6-17(15)22-9-10-23-12-14-7-8-18(21-2)16(19)11-14/h3-8,11H,9-10,12H2,1-2H3. The van der Waals surface area contributed by atoms with Crippen molar-refractivity contribution in [2.45, 2.75) is 12.7 Å². The highest BCUT2D eigenvalue weighted by Crippen LogP contribution is 2.22. The van der Waals surface area contributed by atoms with Gasteiger partial charge in [0.1, 0.15) is 5.75 Å². The van der Waals surface area contributed by atoms with E-state index in [-0.39, 0.29) is 17.3 Å². The van der Waals surface area contributed by atoms with Gasteiger partial charge in [-0.05, 0) is 36.8 Å². The maximum atomic E-state index is 13.6. The molecule has 0 aliphatic rings. The fourth-order valence-electron chi connectivity index (χ4n) is 2.08. The predicted molar refractivity (Wildman–Crippen MR) is 91.1 cm³/mol. The van der Waals surface area contributed by atoms with Crippen molar-refractivity contribution in [2.75, 3.05) is 19.5 Å². The zero-order valence-corrected chi connectivity index (χ0v) is 14.0. The SMILES string of the molecule is COc1ccc(CSCCOc2ccccc2C(C)=O)cc1F. The van der Waals surface area contributed by atoms with E-state index < -0.39 is 0 Å². The Labute approximate surface area is 139 Å². The van der Waals surface area contributed by atoms with Crippen molar-refractivity contribution in [2.24, 2.45) is 0 Å². The normalized spacial score (nSPS) is 10.4. The van der Waals surface area contributed by atoms with Gasteiger partial charge in [-0.25, -0.2) is 4.39 Å². The van der Waals surface area contributed by atoms with E-state index in [0.717, 1.165) is 11.3 Å². The molecule has 122 valence electrons. The second-order valence-electron chi connectivity index (χ2n) is 4.92. The number of halogens is 1. The summed E-state index contributed by atoms with van der Waals surface area (Å²) in [6, 6.07) is 12.2. The smallest absolute Gasteiger partial charge is 0.165 e. The number of benzene rings is 2. The summed E-state index contributed by atoms with van der Waals surface area (Å²) >= 11 is 1.64. The third-order valence-electron chi connectivity index (χ3n) is 3.24. The molecule has 0 aromatic heterocycles. The molecule has 0 aliphatic carbocycles. The highest BCUT2D eigenvalue weighted by atomic mass is 32.2. The number of ether oxygens (including phenoxy) is 2. The summed E-state index contributed by atoms with van der Waals surface area (Å²) in [6.45, 7) is 2.02. The molecule has 0 N–H and O–H groups in total. The summed E-state index contributed by atoms with van der Waals surface area (Å²) in [7, 11) is 1.45. The van der Waals surface area contributed by atoms with Crippen molar-refractivity contribution in [3.8, 4) is 11.5 Å². The number of hydrogen-bond acceptors (Lipinski definition) is 4.